The van der Waals surface area contributed by atoms with Crippen molar-refractivity contribution in [3.63, 3.8) is 0 Å². The van der Waals surface area contributed by atoms with E-state index < -0.39 is 0 Å². The standard InChI is InChI=1S/C32H32N8O/c1-4-38-19-29(35-20-38)28-10-9-26-25(11-12-33-32(26)36-28)30-16-34-31-15-27(22(3)37-40(30)31)24-7-5-23(6-8-24)18-39-13-14-41-21(2)17-39/h5-12,15-16,19-21H,4,13-14,17-18H2,1-3H3. The Kier molecular flexibility index (Phi) is 6.53. The van der Waals surface area contributed by atoms with E-state index in [2.05, 4.69) is 72.0 Å². The molecular weight excluding hydrogens is 512 g/mol. The van der Waals surface area contributed by atoms with Gasteiger partial charge in [-0.25, -0.2) is 24.5 Å². The third kappa shape index (κ3) is 4.87. The molecule has 0 radical (unpaired) electrons. The van der Waals surface area contributed by atoms with Crippen LogP contribution >= 0.6 is 0 Å². The van der Waals surface area contributed by atoms with Gasteiger partial charge in [0.1, 0.15) is 5.69 Å². The minimum Gasteiger partial charge on any atom is -0.376 e. The summed E-state index contributed by atoms with van der Waals surface area (Å²) in [4.78, 5) is 21.1. The van der Waals surface area contributed by atoms with Crippen molar-refractivity contribution in [2.45, 2.75) is 40.0 Å². The van der Waals surface area contributed by atoms with Gasteiger partial charge < -0.3 is 9.30 Å². The maximum Gasteiger partial charge on any atom is 0.160 e. The molecule has 1 fully saturated rings. The predicted octanol–water partition coefficient (Wildman–Crippen LogP) is 5.42. The summed E-state index contributed by atoms with van der Waals surface area (Å²) >= 11 is 0. The van der Waals surface area contributed by atoms with E-state index in [4.69, 9.17) is 19.8 Å². The largest absolute Gasteiger partial charge is 0.376 e. The molecule has 5 aromatic heterocycles. The Bertz CT molecular complexity index is 1860. The van der Waals surface area contributed by atoms with E-state index in [-0.39, 0.29) is 6.10 Å². The van der Waals surface area contributed by atoms with E-state index in [1.165, 1.54) is 5.56 Å². The van der Waals surface area contributed by atoms with Crippen LogP contribution in [0.5, 0.6) is 0 Å². The molecule has 0 bridgehead atoms. The van der Waals surface area contributed by atoms with Crippen molar-refractivity contribution in [1.29, 1.82) is 0 Å². The van der Waals surface area contributed by atoms with Crippen molar-refractivity contribution in [2.24, 2.45) is 0 Å². The Morgan fingerprint density at radius 3 is 2.66 bits per heavy atom. The van der Waals surface area contributed by atoms with Crippen molar-refractivity contribution in [3.05, 3.63) is 84.7 Å². The second-order valence-corrected chi connectivity index (χ2v) is 10.7. The highest BCUT2D eigenvalue weighted by Crippen LogP contribution is 2.31. The Morgan fingerprint density at radius 1 is 0.976 bits per heavy atom. The number of fused-ring (bicyclic) bond motifs is 2. The zero-order chi connectivity index (χ0) is 27.9. The molecule has 41 heavy (non-hydrogen) atoms. The molecule has 0 spiro atoms. The van der Waals surface area contributed by atoms with Gasteiger partial charge in [0.2, 0.25) is 0 Å². The van der Waals surface area contributed by atoms with Gasteiger partial charge in [0, 0.05) is 55.1 Å². The van der Waals surface area contributed by atoms with Crippen molar-refractivity contribution < 1.29 is 4.74 Å². The minimum absolute atomic E-state index is 0.290. The molecule has 1 atom stereocenters. The summed E-state index contributed by atoms with van der Waals surface area (Å²) in [6.45, 7) is 10.8. The fourth-order valence-electron chi connectivity index (χ4n) is 5.62. The van der Waals surface area contributed by atoms with Gasteiger partial charge in [0.15, 0.2) is 11.3 Å². The number of aromatic nitrogens is 7. The first kappa shape index (κ1) is 25.5. The van der Waals surface area contributed by atoms with Crippen LogP contribution in [0.3, 0.4) is 0 Å². The molecule has 7 rings (SSSR count). The van der Waals surface area contributed by atoms with E-state index in [1.54, 1.807) is 6.20 Å². The van der Waals surface area contributed by atoms with Crippen LogP contribution in [0, 0.1) is 6.92 Å². The van der Waals surface area contributed by atoms with Crippen LogP contribution in [0.25, 0.3) is 50.5 Å². The summed E-state index contributed by atoms with van der Waals surface area (Å²) in [6.07, 6.45) is 7.79. The maximum atomic E-state index is 5.68. The predicted molar refractivity (Wildman–Crippen MR) is 159 cm³/mol. The molecule has 1 saturated heterocycles. The highest BCUT2D eigenvalue weighted by molar-refractivity contribution is 5.93. The van der Waals surface area contributed by atoms with Crippen LogP contribution < -0.4 is 0 Å². The Hall–Kier alpha value is -4.47. The Balaban J connectivity index is 1.19. The van der Waals surface area contributed by atoms with Crippen molar-refractivity contribution in [1.82, 2.24) is 39.0 Å². The van der Waals surface area contributed by atoms with Crippen molar-refractivity contribution in [2.75, 3.05) is 19.7 Å². The van der Waals surface area contributed by atoms with Gasteiger partial charge in [-0.15, -0.1) is 0 Å². The highest BCUT2D eigenvalue weighted by Gasteiger charge is 2.18. The van der Waals surface area contributed by atoms with E-state index in [1.807, 2.05) is 39.9 Å². The number of aryl methyl sites for hydroxylation is 2. The number of benzene rings is 1. The van der Waals surface area contributed by atoms with E-state index >= 15 is 0 Å². The second-order valence-electron chi connectivity index (χ2n) is 10.7. The fraction of sp³-hybridized carbons (Fsp3) is 0.281. The van der Waals surface area contributed by atoms with Crippen LogP contribution in [0.1, 0.15) is 25.1 Å². The molecule has 6 heterocycles. The second kappa shape index (κ2) is 10.5. The highest BCUT2D eigenvalue weighted by atomic mass is 16.5. The van der Waals surface area contributed by atoms with Crippen LogP contribution in [-0.2, 0) is 17.8 Å². The Morgan fingerprint density at radius 2 is 1.85 bits per heavy atom. The number of ether oxygens (including phenoxy) is 1. The van der Waals surface area contributed by atoms with Gasteiger partial charge in [0.25, 0.3) is 0 Å². The monoisotopic (exact) mass is 544 g/mol. The molecule has 206 valence electrons. The molecule has 6 aromatic rings. The lowest BCUT2D eigenvalue weighted by atomic mass is 10.0. The first-order chi connectivity index (χ1) is 20.1. The van der Waals surface area contributed by atoms with Gasteiger partial charge >= 0.3 is 0 Å². The van der Waals surface area contributed by atoms with Crippen molar-refractivity contribution >= 4 is 16.7 Å². The number of pyridine rings is 2. The lowest BCUT2D eigenvalue weighted by Crippen LogP contribution is -2.40. The maximum absolute atomic E-state index is 5.68. The third-order valence-corrected chi connectivity index (χ3v) is 7.81. The topological polar surface area (TPSA) is 86.3 Å². The number of rotatable bonds is 6. The zero-order valence-corrected chi connectivity index (χ0v) is 23.5. The van der Waals surface area contributed by atoms with E-state index in [0.29, 0.717) is 5.65 Å². The molecule has 1 aliphatic heterocycles. The van der Waals surface area contributed by atoms with Gasteiger partial charge in [-0.05, 0) is 56.2 Å². The normalized spacial score (nSPS) is 16.1. The number of imidazole rings is 2. The number of nitrogens with zero attached hydrogens (tertiary/aromatic N) is 8. The average molecular weight is 545 g/mol. The van der Waals surface area contributed by atoms with Gasteiger partial charge in [0.05, 0.1) is 42.3 Å². The minimum atomic E-state index is 0.290. The Labute approximate surface area is 238 Å². The summed E-state index contributed by atoms with van der Waals surface area (Å²) < 4.78 is 9.63. The summed E-state index contributed by atoms with van der Waals surface area (Å²) in [5, 5.41) is 5.92. The van der Waals surface area contributed by atoms with Crippen LogP contribution in [-0.4, -0.2) is 64.8 Å². The van der Waals surface area contributed by atoms with Crippen LogP contribution in [0.15, 0.2) is 73.4 Å². The molecule has 9 heteroatoms. The van der Waals surface area contributed by atoms with Gasteiger partial charge in [-0.2, -0.15) is 5.10 Å². The average Bonchev–Trinajstić information content (AvgIpc) is 3.64. The third-order valence-electron chi connectivity index (χ3n) is 7.81. The first-order valence-electron chi connectivity index (χ1n) is 14.1. The molecule has 0 aliphatic carbocycles. The first-order valence-corrected chi connectivity index (χ1v) is 14.1. The molecule has 1 aliphatic rings. The summed E-state index contributed by atoms with van der Waals surface area (Å²) in [5.41, 5.74) is 9.46. The fourth-order valence-corrected chi connectivity index (χ4v) is 5.62. The van der Waals surface area contributed by atoms with Gasteiger partial charge in [-0.1, -0.05) is 24.3 Å². The number of hydrogen-bond acceptors (Lipinski definition) is 7. The quantitative estimate of drug-likeness (QED) is 0.277. The zero-order valence-electron chi connectivity index (χ0n) is 23.5. The molecule has 9 nitrogen and oxygen atoms in total. The smallest absolute Gasteiger partial charge is 0.160 e. The van der Waals surface area contributed by atoms with Crippen LogP contribution in [0.4, 0.5) is 0 Å². The lowest BCUT2D eigenvalue weighted by molar-refractivity contribution is -0.0212. The molecular formula is C32H32N8O. The van der Waals surface area contributed by atoms with E-state index in [0.717, 1.165) is 83.3 Å². The van der Waals surface area contributed by atoms with E-state index in [9.17, 15) is 0 Å². The molecule has 0 saturated carbocycles. The summed E-state index contributed by atoms with van der Waals surface area (Å²) in [5.74, 6) is 0. The lowest BCUT2D eigenvalue weighted by Gasteiger charge is -2.31. The van der Waals surface area contributed by atoms with Crippen LogP contribution in [0.2, 0.25) is 0 Å². The SMILES string of the molecule is CCn1cnc(-c2ccc3c(-c4cnc5cc(-c6ccc(CN7CCOC(C)C7)cc6)c(C)nn45)ccnc3n2)c1. The van der Waals surface area contributed by atoms with Crippen molar-refractivity contribution in [3.8, 4) is 33.8 Å². The summed E-state index contributed by atoms with van der Waals surface area (Å²) in [7, 11) is 0. The molecule has 1 aromatic carbocycles. The molecule has 0 amide bonds. The number of hydrogen-bond donors (Lipinski definition) is 0. The molecule has 0 N–H and O–H groups in total. The van der Waals surface area contributed by atoms with Gasteiger partial charge in [-0.3, -0.25) is 4.90 Å². The molecule has 1 unspecified atom stereocenters. The summed E-state index contributed by atoms with van der Waals surface area (Å²) in [6, 6.07) is 17.0. The number of morpholine rings is 1.